The molecule has 2 N–H and O–H groups in total. The summed E-state index contributed by atoms with van der Waals surface area (Å²) in [6.45, 7) is 8.31. The van der Waals surface area contributed by atoms with Gasteiger partial charge in [-0.3, -0.25) is 0 Å². The summed E-state index contributed by atoms with van der Waals surface area (Å²) in [5.41, 5.74) is -0.261. The van der Waals surface area contributed by atoms with Gasteiger partial charge in [0, 0.05) is 18.6 Å². The molecule has 5 heteroatoms. The van der Waals surface area contributed by atoms with Crippen LogP contribution in [0, 0.1) is 0 Å². The molecule has 1 aliphatic rings. The minimum absolute atomic E-state index is 0.0236. The van der Waals surface area contributed by atoms with E-state index in [2.05, 4.69) is 10.6 Å². The van der Waals surface area contributed by atoms with Crippen LogP contribution >= 0.6 is 0 Å². The van der Waals surface area contributed by atoms with E-state index in [1.807, 2.05) is 20.8 Å². The average molecular weight is 216 g/mol. The molecule has 1 amide bonds. The molecule has 1 saturated heterocycles. The fraction of sp³-hybridized carbons (Fsp3) is 0.900. The Kier molecular flexibility index (Phi) is 4.35. The molecule has 0 unspecified atom stereocenters. The van der Waals surface area contributed by atoms with Crippen LogP contribution in [0.1, 0.15) is 20.8 Å². The summed E-state index contributed by atoms with van der Waals surface area (Å²) in [5.74, 6) is 0. The van der Waals surface area contributed by atoms with Crippen molar-refractivity contribution in [3.05, 3.63) is 0 Å². The molecule has 15 heavy (non-hydrogen) atoms. The van der Waals surface area contributed by atoms with E-state index < -0.39 is 6.09 Å². The summed E-state index contributed by atoms with van der Waals surface area (Å²) in [6.07, 6.45) is -0.416. The summed E-state index contributed by atoms with van der Waals surface area (Å²) < 4.78 is 10.4. The molecule has 1 heterocycles. The lowest BCUT2D eigenvalue weighted by atomic mass is 10.1. The number of hydrogen-bond donors (Lipinski definition) is 2. The van der Waals surface area contributed by atoms with Crippen molar-refractivity contribution in [2.45, 2.75) is 32.4 Å². The minimum atomic E-state index is -0.392. The van der Waals surface area contributed by atoms with Crippen LogP contribution in [-0.4, -0.2) is 44.0 Å². The van der Waals surface area contributed by atoms with E-state index in [-0.39, 0.29) is 11.6 Å². The van der Waals surface area contributed by atoms with Gasteiger partial charge in [-0.25, -0.2) is 4.79 Å². The maximum Gasteiger partial charge on any atom is 0.407 e. The largest absolute Gasteiger partial charge is 0.447 e. The molecule has 5 nitrogen and oxygen atoms in total. The number of ether oxygens (including phenoxy) is 2. The number of amides is 1. The van der Waals surface area contributed by atoms with Crippen LogP contribution in [0.2, 0.25) is 0 Å². The molecule has 1 aliphatic heterocycles. The van der Waals surface area contributed by atoms with E-state index in [0.29, 0.717) is 13.2 Å². The molecule has 0 saturated carbocycles. The summed E-state index contributed by atoms with van der Waals surface area (Å²) in [4.78, 5) is 11.3. The molecule has 0 aromatic heterocycles. The van der Waals surface area contributed by atoms with Crippen molar-refractivity contribution in [2.24, 2.45) is 0 Å². The maximum absolute atomic E-state index is 11.3. The summed E-state index contributed by atoms with van der Waals surface area (Å²) in [5, 5.41) is 5.89. The quantitative estimate of drug-likeness (QED) is 0.705. The zero-order chi connectivity index (χ0) is 11.3. The average Bonchev–Trinajstić information content (AvgIpc) is 2.14. The number of nitrogens with one attached hydrogen (secondary N) is 2. The van der Waals surface area contributed by atoms with E-state index in [4.69, 9.17) is 9.47 Å². The van der Waals surface area contributed by atoms with Crippen LogP contribution in [0.25, 0.3) is 0 Å². The molecule has 1 fully saturated rings. The van der Waals surface area contributed by atoms with Crippen LogP contribution in [0.15, 0.2) is 0 Å². The van der Waals surface area contributed by atoms with E-state index in [9.17, 15) is 4.79 Å². The molecule has 0 spiro atoms. The van der Waals surface area contributed by atoms with Gasteiger partial charge in [-0.05, 0) is 20.8 Å². The molecule has 0 aliphatic carbocycles. The van der Waals surface area contributed by atoms with E-state index in [0.717, 1.165) is 13.1 Å². The van der Waals surface area contributed by atoms with Crippen molar-refractivity contribution in [3.63, 3.8) is 0 Å². The summed E-state index contributed by atoms with van der Waals surface area (Å²) >= 11 is 0. The molecule has 1 rings (SSSR count). The number of rotatable bonds is 2. The third-order valence-corrected chi connectivity index (χ3v) is 1.88. The zero-order valence-electron chi connectivity index (χ0n) is 9.63. The van der Waals surface area contributed by atoms with Crippen LogP contribution < -0.4 is 10.6 Å². The molecule has 0 aromatic carbocycles. The van der Waals surface area contributed by atoms with E-state index in [1.165, 1.54) is 0 Å². The Labute approximate surface area is 90.5 Å². The molecule has 0 bridgehead atoms. The van der Waals surface area contributed by atoms with Crippen molar-refractivity contribution >= 4 is 6.09 Å². The van der Waals surface area contributed by atoms with Crippen molar-refractivity contribution < 1.29 is 14.3 Å². The number of morpholine rings is 1. The number of hydrogen-bond acceptors (Lipinski definition) is 4. The van der Waals surface area contributed by atoms with Gasteiger partial charge < -0.3 is 20.1 Å². The van der Waals surface area contributed by atoms with Crippen molar-refractivity contribution in [1.82, 2.24) is 10.6 Å². The Morgan fingerprint density at radius 2 is 2.33 bits per heavy atom. The third kappa shape index (κ3) is 5.59. The van der Waals surface area contributed by atoms with E-state index in [1.54, 1.807) is 0 Å². The van der Waals surface area contributed by atoms with Gasteiger partial charge >= 0.3 is 6.09 Å². The lowest BCUT2D eigenvalue weighted by molar-refractivity contribution is -0.0130. The van der Waals surface area contributed by atoms with Gasteiger partial charge in [-0.2, -0.15) is 0 Å². The molecular weight excluding hydrogens is 196 g/mol. The predicted octanol–water partition coefficient (Wildman–Crippen LogP) is 0.500. The summed E-state index contributed by atoms with van der Waals surface area (Å²) in [6, 6.07) is 0. The number of carbonyl (C=O) groups excluding carboxylic acids is 1. The molecule has 0 aromatic rings. The van der Waals surface area contributed by atoms with Gasteiger partial charge in [-0.1, -0.05) is 0 Å². The Hall–Kier alpha value is -0.810. The van der Waals surface area contributed by atoms with Crippen LogP contribution in [0.4, 0.5) is 4.79 Å². The van der Waals surface area contributed by atoms with Gasteiger partial charge in [0.15, 0.2) is 0 Å². The normalized spacial score (nSPS) is 22.2. The first-order chi connectivity index (χ1) is 6.97. The Morgan fingerprint density at radius 3 is 2.87 bits per heavy atom. The van der Waals surface area contributed by atoms with Gasteiger partial charge in [0.05, 0.1) is 6.61 Å². The predicted molar refractivity (Wildman–Crippen MR) is 56.8 cm³/mol. The summed E-state index contributed by atoms with van der Waals surface area (Å²) in [7, 11) is 0. The van der Waals surface area contributed by atoms with E-state index >= 15 is 0 Å². The number of alkyl carbamates (subject to hydrolysis) is 1. The molecule has 88 valence electrons. The highest BCUT2D eigenvalue weighted by Gasteiger charge is 2.18. The zero-order valence-corrected chi connectivity index (χ0v) is 9.63. The Bertz CT molecular complexity index is 207. The van der Waals surface area contributed by atoms with Crippen molar-refractivity contribution in [3.8, 4) is 0 Å². The first kappa shape index (κ1) is 12.3. The Balaban J connectivity index is 2.15. The Morgan fingerprint density at radius 1 is 1.60 bits per heavy atom. The maximum atomic E-state index is 11.3. The number of carbonyl (C=O) groups is 1. The van der Waals surface area contributed by atoms with Gasteiger partial charge in [-0.15, -0.1) is 0 Å². The second-order valence-corrected chi connectivity index (χ2v) is 4.67. The standard InChI is InChI=1S/C10H20N2O3/c1-10(2,3)12-9(13)15-7-8-6-11-4-5-14-8/h8,11H,4-7H2,1-3H3,(H,12,13)/t8-/m1/s1. The SMILES string of the molecule is CC(C)(C)NC(=O)OC[C@H]1CNCCO1. The highest BCUT2D eigenvalue weighted by molar-refractivity contribution is 5.68. The first-order valence-corrected chi connectivity index (χ1v) is 5.24. The van der Waals surface area contributed by atoms with Gasteiger partial charge in [0.25, 0.3) is 0 Å². The minimum Gasteiger partial charge on any atom is -0.447 e. The van der Waals surface area contributed by atoms with Crippen LogP contribution in [0.3, 0.4) is 0 Å². The monoisotopic (exact) mass is 216 g/mol. The molecule has 1 atom stereocenters. The highest BCUT2D eigenvalue weighted by atomic mass is 16.6. The van der Waals surface area contributed by atoms with Gasteiger partial charge in [0.2, 0.25) is 0 Å². The highest BCUT2D eigenvalue weighted by Crippen LogP contribution is 2.01. The van der Waals surface area contributed by atoms with Crippen molar-refractivity contribution in [1.29, 1.82) is 0 Å². The lowest BCUT2D eigenvalue weighted by Crippen LogP contribution is -2.44. The first-order valence-electron chi connectivity index (χ1n) is 5.24. The fourth-order valence-corrected chi connectivity index (χ4v) is 1.24. The molecular formula is C10H20N2O3. The third-order valence-electron chi connectivity index (χ3n) is 1.88. The second-order valence-electron chi connectivity index (χ2n) is 4.67. The van der Waals surface area contributed by atoms with Gasteiger partial charge in [0.1, 0.15) is 12.7 Å². The topological polar surface area (TPSA) is 59.6 Å². The van der Waals surface area contributed by atoms with Crippen LogP contribution in [-0.2, 0) is 9.47 Å². The lowest BCUT2D eigenvalue weighted by Gasteiger charge is -2.25. The second kappa shape index (κ2) is 5.32. The smallest absolute Gasteiger partial charge is 0.407 e. The fourth-order valence-electron chi connectivity index (χ4n) is 1.24. The van der Waals surface area contributed by atoms with Crippen molar-refractivity contribution in [2.75, 3.05) is 26.3 Å². The molecule has 0 radical (unpaired) electrons. The van der Waals surface area contributed by atoms with Crippen LogP contribution in [0.5, 0.6) is 0 Å².